The second-order valence-corrected chi connectivity index (χ2v) is 11.1. The van der Waals surface area contributed by atoms with Gasteiger partial charge in [-0.2, -0.15) is 0 Å². The molecule has 0 radical (unpaired) electrons. The number of non-ortho nitro benzene ring substituents is 1. The Bertz CT molecular complexity index is 945. The number of nitro groups is 1. The number of aliphatic carboxylic acids is 1. The van der Waals surface area contributed by atoms with E-state index in [1.807, 2.05) is 4.90 Å². The van der Waals surface area contributed by atoms with Crippen molar-refractivity contribution in [3.05, 3.63) is 52.6 Å². The van der Waals surface area contributed by atoms with E-state index in [0.29, 0.717) is 31.0 Å². The summed E-state index contributed by atoms with van der Waals surface area (Å²) >= 11 is 0. The van der Waals surface area contributed by atoms with E-state index in [0.717, 1.165) is 63.8 Å². The number of nitrogens with zero attached hydrogens (tertiary/aromatic N) is 4. The minimum atomic E-state index is -0.753. The Kier molecular flexibility index (Phi) is 11.1. The Morgan fingerprint density at radius 1 is 1.18 bits per heavy atom. The second kappa shape index (κ2) is 14.2. The topological polar surface area (TPSA) is 119 Å². The molecule has 2 amide bonds. The van der Waals surface area contributed by atoms with Crippen LogP contribution in [0.2, 0.25) is 0 Å². The van der Waals surface area contributed by atoms with Crippen LogP contribution in [-0.4, -0.2) is 88.1 Å². The van der Waals surface area contributed by atoms with Crippen molar-refractivity contribution in [3.63, 3.8) is 0 Å². The van der Waals surface area contributed by atoms with Crippen LogP contribution in [0.3, 0.4) is 0 Å². The third-order valence-corrected chi connectivity index (χ3v) is 7.66. The Hall–Kier alpha value is -2.98. The molecular weight excluding hydrogens is 486 g/mol. The summed E-state index contributed by atoms with van der Waals surface area (Å²) < 4.78 is 0. The Morgan fingerprint density at radius 3 is 2.45 bits per heavy atom. The van der Waals surface area contributed by atoms with Crippen molar-refractivity contribution < 1.29 is 19.6 Å². The van der Waals surface area contributed by atoms with Crippen LogP contribution in [-0.2, 0) is 11.3 Å². The molecule has 1 aliphatic heterocycles. The van der Waals surface area contributed by atoms with E-state index in [1.165, 1.54) is 12.1 Å². The number of amides is 2. The fraction of sp³-hybridized carbons (Fsp3) is 0.643. The Morgan fingerprint density at radius 2 is 1.87 bits per heavy atom. The van der Waals surface area contributed by atoms with Crippen molar-refractivity contribution in [2.45, 2.75) is 64.6 Å². The molecule has 210 valence electrons. The van der Waals surface area contributed by atoms with Gasteiger partial charge < -0.3 is 20.2 Å². The van der Waals surface area contributed by atoms with Crippen LogP contribution in [0.4, 0.5) is 10.5 Å². The zero-order valence-electron chi connectivity index (χ0n) is 22.8. The summed E-state index contributed by atoms with van der Waals surface area (Å²) in [5.41, 5.74) is 0.837. The summed E-state index contributed by atoms with van der Waals surface area (Å²) in [4.78, 5) is 41.3. The minimum Gasteiger partial charge on any atom is -0.480 e. The van der Waals surface area contributed by atoms with Gasteiger partial charge in [-0.15, -0.1) is 6.58 Å². The number of rotatable bonds is 13. The van der Waals surface area contributed by atoms with Gasteiger partial charge in [0.1, 0.15) is 0 Å². The number of piperidine rings is 1. The highest BCUT2D eigenvalue weighted by Crippen LogP contribution is 2.31. The first-order valence-electron chi connectivity index (χ1n) is 13.7. The molecular formula is C28H43N5O5. The molecule has 1 unspecified atom stereocenters. The van der Waals surface area contributed by atoms with Crippen LogP contribution in [0.25, 0.3) is 0 Å². The maximum Gasteiger partial charge on any atom is 0.318 e. The van der Waals surface area contributed by atoms with E-state index in [9.17, 15) is 24.8 Å². The summed E-state index contributed by atoms with van der Waals surface area (Å²) in [6, 6.07) is 6.54. The number of urea groups is 1. The molecule has 2 atom stereocenters. The maximum atomic E-state index is 13.0. The number of carboxylic acids is 1. The van der Waals surface area contributed by atoms with Crippen LogP contribution < -0.4 is 5.32 Å². The highest BCUT2D eigenvalue weighted by atomic mass is 16.6. The van der Waals surface area contributed by atoms with Crippen molar-refractivity contribution in [1.82, 2.24) is 20.0 Å². The fourth-order valence-electron chi connectivity index (χ4n) is 5.86. The van der Waals surface area contributed by atoms with E-state index >= 15 is 0 Å². The molecule has 1 aromatic carbocycles. The molecule has 1 saturated carbocycles. The molecule has 2 fully saturated rings. The molecule has 0 aromatic heterocycles. The van der Waals surface area contributed by atoms with Gasteiger partial charge in [-0.1, -0.05) is 32.1 Å². The van der Waals surface area contributed by atoms with Gasteiger partial charge in [-0.05, 0) is 49.5 Å². The normalized spacial score (nSPS) is 20.5. The predicted octanol–water partition coefficient (Wildman–Crippen LogP) is 3.97. The standard InChI is InChI=1S/C28H43N5O5/c1-4-13-32(28(36)29-17-22-5-8-25(9-6-22)33(37)38)24-11-14-30(15-12-24)19-23-7-10-26(16-23)31(18-21(2)3)20-27(34)35/h4-6,8-9,21,23-24,26H,1,7,10-20H2,2-3H3,(H,29,36)(H,34,35)/t23-,26?/m1/s1. The monoisotopic (exact) mass is 529 g/mol. The number of likely N-dealkylation sites (tertiary alicyclic amines) is 1. The number of carbonyl (C=O) groups is 2. The quantitative estimate of drug-likeness (QED) is 0.225. The van der Waals surface area contributed by atoms with E-state index in [4.69, 9.17) is 0 Å². The van der Waals surface area contributed by atoms with E-state index in [1.54, 1.807) is 18.2 Å². The van der Waals surface area contributed by atoms with E-state index in [-0.39, 0.29) is 24.3 Å². The predicted molar refractivity (Wildman–Crippen MR) is 147 cm³/mol. The zero-order chi connectivity index (χ0) is 27.7. The maximum absolute atomic E-state index is 13.0. The molecule has 1 aromatic rings. The van der Waals surface area contributed by atoms with Gasteiger partial charge in [0.2, 0.25) is 0 Å². The van der Waals surface area contributed by atoms with Crippen molar-refractivity contribution in [2.24, 2.45) is 11.8 Å². The van der Waals surface area contributed by atoms with E-state index in [2.05, 4.69) is 35.5 Å². The molecule has 2 N–H and O–H groups in total. The van der Waals surface area contributed by atoms with Gasteiger partial charge in [0.25, 0.3) is 5.69 Å². The largest absolute Gasteiger partial charge is 0.480 e. The molecule has 10 nitrogen and oxygen atoms in total. The van der Waals surface area contributed by atoms with Crippen LogP contribution in [0.1, 0.15) is 51.5 Å². The van der Waals surface area contributed by atoms with Crippen molar-refractivity contribution in [2.75, 3.05) is 39.3 Å². The Balaban J connectivity index is 1.46. The number of nitro benzene ring substituents is 1. The average molecular weight is 530 g/mol. The van der Waals surface area contributed by atoms with Gasteiger partial charge in [0.15, 0.2) is 0 Å². The fourth-order valence-corrected chi connectivity index (χ4v) is 5.86. The number of benzene rings is 1. The third kappa shape index (κ3) is 8.80. The summed E-state index contributed by atoms with van der Waals surface area (Å²) in [6.07, 6.45) is 6.78. The number of hydrogen-bond acceptors (Lipinski definition) is 6. The lowest BCUT2D eigenvalue weighted by Gasteiger charge is -2.39. The zero-order valence-corrected chi connectivity index (χ0v) is 22.8. The Labute approximate surface area is 225 Å². The molecule has 1 heterocycles. The van der Waals surface area contributed by atoms with Gasteiger partial charge in [0, 0.05) is 63.5 Å². The lowest BCUT2D eigenvalue weighted by molar-refractivity contribution is -0.384. The average Bonchev–Trinajstić information content (AvgIpc) is 3.34. The smallest absolute Gasteiger partial charge is 0.318 e. The molecule has 38 heavy (non-hydrogen) atoms. The van der Waals surface area contributed by atoms with Gasteiger partial charge >= 0.3 is 12.0 Å². The number of nitrogens with one attached hydrogen (secondary N) is 1. The van der Waals surface area contributed by atoms with Crippen molar-refractivity contribution >= 4 is 17.7 Å². The molecule has 1 aliphatic carbocycles. The summed E-state index contributed by atoms with van der Waals surface area (Å²) in [7, 11) is 0. The van der Waals surface area contributed by atoms with Crippen LogP contribution in [0.15, 0.2) is 36.9 Å². The summed E-state index contributed by atoms with van der Waals surface area (Å²) in [5, 5.41) is 23.1. The van der Waals surface area contributed by atoms with Crippen LogP contribution in [0, 0.1) is 22.0 Å². The lowest BCUT2D eigenvalue weighted by atomic mass is 10.0. The minimum absolute atomic E-state index is 0.0291. The third-order valence-electron chi connectivity index (χ3n) is 7.66. The number of carboxylic acid groups (broad SMARTS) is 1. The highest BCUT2D eigenvalue weighted by Gasteiger charge is 2.33. The van der Waals surface area contributed by atoms with E-state index < -0.39 is 10.9 Å². The first-order chi connectivity index (χ1) is 18.2. The molecule has 0 bridgehead atoms. The van der Waals surface area contributed by atoms with Crippen molar-refractivity contribution in [3.8, 4) is 0 Å². The van der Waals surface area contributed by atoms with Crippen LogP contribution in [0.5, 0.6) is 0 Å². The van der Waals surface area contributed by atoms with Gasteiger partial charge in [-0.3, -0.25) is 19.8 Å². The summed E-state index contributed by atoms with van der Waals surface area (Å²) in [6.45, 7) is 12.7. The number of carbonyl (C=O) groups excluding carboxylic acids is 1. The molecule has 3 rings (SSSR count). The first kappa shape index (κ1) is 29.6. The molecule has 1 saturated heterocycles. The van der Waals surface area contributed by atoms with Gasteiger partial charge in [0.05, 0.1) is 11.5 Å². The second-order valence-electron chi connectivity index (χ2n) is 11.1. The first-order valence-corrected chi connectivity index (χ1v) is 13.7. The molecule has 10 heteroatoms. The molecule has 0 spiro atoms. The number of hydrogen-bond donors (Lipinski definition) is 2. The lowest BCUT2D eigenvalue weighted by Crippen LogP contribution is -2.51. The highest BCUT2D eigenvalue weighted by molar-refractivity contribution is 5.74. The molecule has 2 aliphatic rings. The van der Waals surface area contributed by atoms with Crippen LogP contribution >= 0.6 is 0 Å². The van der Waals surface area contributed by atoms with Gasteiger partial charge in [-0.25, -0.2) is 4.79 Å². The summed E-state index contributed by atoms with van der Waals surface area (Å²) in [5.74, 6) is 0.267. The SMILES string of the molecule is C=CCN(C(=O)NCc1ccc([N+](=O)[O-])cc1)C1CCN(C[C@@H]2CCC(N(CC(=O)O)CC(C)C)C2)CC1. The van der Waals surface area contributed by atoms with Crippen molar-refractivity contribution in [1.29, 1.82) is 0 Å².